The third kappa shape index (κ3) is 3.26. The number of rotatable bonds is 5. The summed E-state index contributed by atoms with van der Waals surface area (Å²) in [5.41, 5.74) is 3.13. The van der Waals surface area contributed by atoms with Gasteiger partial charge in [-0.2, -0.15) is 0 Å². The molecular formula is C20H18FN3O2S. The fraction of sp³-hybridized carbons (Fsp3) is 0.200. The quantitative estimate of drug-likeness (QED) is 0.510. The fourth-order valence-corrected chi connectivity index (χ4v) is 4.18. The van der Waals surface area contributed by atoms with E-state index in [1.165, 1.54) is 23.5 Å². The third-order valence-electron chi connectivity index (χ3n) is 4.46. The van der Waals surface area contributed by atoms with E-state index < -0.39 is 0 Å². The molecule has 0 spiro atoms. The van der Waals surface area contributed by atoms with Gasteiger partial charge in [0.15, 0.2) is 4.96 Å². The molecule has 3 heterocycles. The summed E-state index contributed by atoms with van der Waals surface area (Å²) in [6, 6.07) is 9.73. The van der Waals surface area contributed by atoms with Crippen molar-refractivity contribution >= 4 is 22.0 Å². The van der Waals surface area contributed by atoms with Crippen LogP contribution in [0, 0.1) is 12.7 Å². The Bertz CT molecular complexity index is 1130. The van der Waals surface area contributed by atoms with E-state index in [4.69, 9.17) is 9.40 Å². The molecule has 0 N–H and O–H groups in total. The van der Waals surface area contributed by atoms with E-state index in [0.29, 0.717) is 17.2 Å². The predicted octanol–water partition coefficient (Wildman–Crippen LogP) is 4.49. The van der Waals surface area contributed by atoms with Crippen LogP contribution in [0.15, 0.2) is 58.1 Å². The van der Waals surface area contributed by atoms with Gasteiger partial charge in [0.25, 0.3) is 5.56 Å². The lowest BCUT2D eigenvalue weighted by Gasteiger charge is -2.22. The molecule has 0 radical (unpaired) electrons. The first-order valence-corrected chi connectivity index (χ1v) is 9.43. The number of thiazole rings is 1. The van der Waals surface area contributed by atoms with Crippen molar-refractivity contribution in [3.63, 3.8) is 0 Å². The van der Waals surface area contributed by atoms with Gasteiger partial charge in [0.1, 0.15) is 5.82 Å². The zero-order chi connectivity index (χ0) is 19.0. The molecule has 0 aliphatic heterocycles. The molecule has 0 aliphatic rings. The summed E-state index contributed by atoms with van der Waals surface area (Å²) in [6.45, 7) is 5.18. The van der Waals surface area contributed by atoms with Gasteiger partial charge in [0.2, 0.25) is 0 Å². The topological polar surface area (TPSA) is 50.8 Å². The van der Waals surface area contributed by atoms with Gasteiger partial charge in [-0.1, -0.05) is 0 Å². The van der Waals surface area contributed by atoms with E-state index in [9.17, 15) is 9.18 Å². The number of nitrogens with zero attached hydrogens (tertiary/aromatic N) is 3. The van der Waals surface area contributed by atoms with Crippen LogP contribution in [0.1, 0.15) is 17.5 Å². The zero-order valence-electron chi connectivity index (χ0n) is 15.0. The van der Waals surface area contributed by atoms with Crippen molar-refractivity contribution < 1.29 is 8.81 Å². The molecule has 0 bridgehead atoms. The Balaban J connectivity index is 1.73. The SMILES string of the molecule is CCN(Cc1cc(=O)n2c(-c3ccoc3)c(C)sc2n1)c1ccc(F)cc1. The molecule has 0 saturated heterocycles. The molecular weight excluding hydrogens is 365 g/mol. The van der Waals surface area contributed by atoms with E-state index in [-0.39, 0.29) is 11.4 Å². The number of furan rings is 1. The first kappa shape index (κ1) is 17.5. The highest BCUT2D eigenvalue weighted by Crippen LogP contribution is 2.29. The second kappa shape index (κ2) is 7.00. The highest BCUT2D eigenvalue weighted by atomic mass is 32.1. The normalized spacial score (nSPS) is 11.2. The van der Waals surface area contributed by atoms with Crippen molar-refractivity contribution in [3.8, 4) is 11.3 Å². The van der Waals surface area contributed by atoms with Crippen LogP contribution < -0.4 is 10.5 Å². The lowest BCUT2D eigenvalue weighted by molar-refractivity contribution is 0.568. The molecule has 0 amide bonds. The van der Waals surface area contributed by atoms with Crippen molar-refractivity contribution in [2.45, 2.75) is 20.4 Å². The van der Waals surface area contributed by atoms with Gasteiger partial charge in [-0.25, -0.2) is 9.37 Å². The number of aromatic nitrogens is 2. The molecule has 0 aliphatic carbocycles. The van der Waals surface area contributed by atoms with E-state index >= 15 is 0 Å². The maximum atomic E-state index is 13.2. The lowest BCUT2D eigenvalue weighted by atomic mass is 10.2. The molecule has 1 aromatic carbocycles. The first-order chi connectivity index (χ1) is 13.1. The Morgan fingerprint density at radius 2 is 2.04 bits per heavy atom. The smallest absolute Gasteiger partial charge is 0.259 e. The van der Waals surface area contributed by atoms with Crippen LogP contribution in [-0.2, 0) is 6.54 Å². The molecule has 0 fully saturated rings. The van der Waals surface area contributed by atoms with Crippen LogP contribution in [0.2, 0.25) is 0 Å². The van der Waals surface area contributed by atoms with Crippen LogP contribution in [0.5, 0.6) is 0 Å². The molecule has 0 unspecified atom stereocenters. The Morgan fingerprint density at radius 3 is 2.70 bits per heavy atom. The molecule has 0 atom stereocenters. The van der Waals surface area contributed by atoms with Crippen LogP contribution in [-0.4, -0.2) is 15.9 Å². The Labute approximate surface area is 159 Å². The summed E-state index contributed by atoms with van der Waals surface area (Å²) in [4.78, 5) is 21.2. The van der Waals surface area contributed by atoms with Gasteiger partial charge in [-0.3, -0.25) is 9.20 Å². The number of fused-ring (bicyclic) bond motifs is 1. The number of hydrogen-bond acceptors (Lipinski definition) is 5. The molecule has 5 nitrogen and oxygen atoms in total. The van der Waals surface area contributed by atoms with Crippen molar-refractivity contribution in [3.05, 3.63) is 75.7 Å². The number of benzene rings is 1. The zero-order valence-corrected chi connectivity index (χ0v) is 15.8. The molecule has 27 heavy (non-hydrogen) atoms. The minimum Gasteiger partial charge on any atom is -0.472 e. The van der Waals surface area contributed by atoms with E-state index in [0.717, 1.165) is 28.4 Å². The van der Waals surface area contributed by atoms with E-state index in [2.05, 4.69) is 4.90 Å². The van der Waals surface area contributed by atoms with Gasteiger partial charge in [-0.15, -0.1) is 11.3 Å². The largest absolute Gasteiger partial charge is 0.472 e. The fourth-order valence-electron chi connectivity index (χ4n) is 3.17. The number of anilines is 1. The second-order valence-electron chi connectivity index (χ2n) is 6.21. The van der Waals surface area contributed by atoms with Crippen molar-refractivity contribution in [2.75, 3.05) is 11.4 Å². The average molecular weight is 383 g/mol. The van der Waals surface area contributed by atoms with Crippen molar-refractivity contribution in [2.24, 2.45) is 0 Å². The maximum Gasteiger partial charge on any atom is 0.259 e. The number of hydrogen-bond donors (Lipinski definition) is 0. The maximum absolute atomic E-state index is 13.2. The molecule has 138 valence electrons. The Hall–Kier alpha value is -2.93. The van der Waals surface area contributed by atoms with Gasteiger partial charge in [0.05, 0.1) is 30.5 Å². The van der Waals surface area contributed by atoms with Crippen molar-refractivity contribution in [1.82, 2.24) is 9.38 Å². The van der Waals surface area contributed by atoms with Gasteiger partial charge >= 0.3 is 0 Å². The average Bonchev–Trinajstić information content (AvgIpc) is 3.27. The molecule has 3 aromatic heterocycles. The van der Waals surface area contributed by atoms with Gasteiger partial charge in [-0.05, 0) is 44.2 Å². The van der Waals surface area contributed by atoms with E-state index in [1.54, 1.807) is 35.1 Å². The van der Waals surface area contributed by atoms with Crippen LogP contribution in [0.25, 0.3) is 16.2 Å². The van der Waals surface area contributed by atoms with Crippen LogP contribution in [0.3, 0.4) is 0 Å². The van der Waals surface area contributed by atoms with Crippen molar-refractivity contribution in [1.29, 1.82) is 0 Å². The summed E-state index contributed by atoms with van der Waals surface area (Å²) < 4.78 is 20.0. The molecule has 4 aromatic rings. The first-order valence-electron chi connectivity index (χ1n) is 8.62. The third-order valence-corrected chi connectivity index (χ3v) is 5.42. The predicted molar refractivity (Wildman–Crippen MR) is 105 cm³/mol. The number of halogens is 1. The van der Waals surface area contributed by atoms with Crippen LogP contribution >= 0.6 is 11.3 Å². The monoisotopic (exact) mass is 383 g/mol. The summed E-state index contributed by atoms with van der Waals surface area (Å²) in [6.07, 6.45) is 3.22. The Kier molecular flexibility index (Phi) is 4.53. The summed E-state index contributed by atoms with van der Waals surface area (Å²) in [7, 11) is 0. The van der Waals surface area contributed by atoms with Crippen LogP contribution in [0.4, 0.5) is 10.1 Å². The second-order valence-corrected chi connectivity index (χ2v) is 7.39. The summed E-state index contributed by atoms with van der Waals surface area (Å²) in [5.74, 6) is -0.270. The highest BCUT2D eigenvalue weighted by molar-refractivity contribution is 7.17. The lowest BCUT2D eigenvalue weighted by Crippen LogP contribution is -2.24. The molecule has 7 heteroatoms. The van der Waals surface area contributed by atoms with Gasteiger partial charge < -0.3 is 9.32 Å². The van der Waals surface area contributed by atoms with E-state index in [1.807, 2.05) is 19.9 Å². The highest BCUT2D eigenvalue weighted by Gasteiger charge is 2.16. The number of aryl methyl sites for hydroxylation is 1. The Morgan fingerprint density at radius 1 is 1.26 bits per heavy atom. The minimum absolute atomic E-state index is 0.120. The van der Waals surface area contributed by atoms with Gasteiger partial charge in [0, 0.05) is 28.7 Å². The standard InChI is InChI=1S/C20H18FN3O2S/c1-3-23(17-6-4-15(21)5-7-17)11-16-10-18(25)24-19(14-8-9-26-12-14)13(2)27-20(24)22-16/h4-10,12H,3,11H2,1-2H3. The summed E-state index contributed by atoms with van der Waals surface area (Å²) >= 11 is 1.48. The summed E-state index contributed by atoms with van der Waals surface area (Å²) in [5, 5.41) is 0. The minimum atomic E-state index is -0.270. The molecule has 0 saturated carbocycles. The molecule has 4 rings (SSSR count).